The van der Waals surface area contributed by atoms with Crippen LogP contribution in [0.2, 0.25) is 0 Å². The number of carbonyl (C=O) groups is 1. The highest BCUT2D eigenvalue weighted by molar-refractivity contribution is 5.81. The van der Waals surface area contributed by atoms with E-state index in [0.717, 1.165) is 25.7 Å². The van der Waals surface area contributed by atoms with E-state index in [1.54, 1.807) is 0 Å². The van der Waals surface area contributed by atoms with E-state index in [4.69, 9.17) is 0 Å². The monoisotopic (exact) mass is 235 g/mol. The lowest BCUT2D eigenvalue weighted by Gasteiger charge is -2.39. The SMILES string of the molecule is CC(C)=CCCC(=O)C1CC2CCCC(C1)N2. The summed E-state index contributed by atoms with van der Waals surface area (Å²) in [6.45, 7) is 4.19. The molecule has 2 aliphatic rings. The minimum atomic E-state index is 0.345. The van der Waals surface area contributed by atoms with Gasteiger partial charge in [-0.15, -0.1) is 0 Å². The molecular formula is C15H25NO. The number of allylic oxidation sites excluding steroid dienone is 2. The minimum absolute atomic E-state index is 0.345. The molecule has 2 nitrogen and oxygen atoms in total. The molecule has 2 rings (SSSR count). The van der Waals surface area contributed by atoms with Crippen molar-refractivity contribution >= 4 is 5.78 Å². The van der Waals surface area contributed by atoms with Gasteiger partial charge in [-0.3, -0.25) is 4.79 Å². The zero-order valence-electron chi connectivity index (χ0n) is 11.2. The average Bonchev–Trinajstić information content (AvgIpc) is 2.27. The van der Waals surface area contributed by atoms with Crippen LogP contribution < -0.4 is 5.32 Å². The smallest absolute Gasteiger partial charge is 0.136 e. The van der Waals surface area contributed by atoms with Crippen molar-refractivity contribution in [1.29, 1.82) is 0 Å². The zero-order valence-corrected chi connectivity index (χ0v) is 11.2. The van der Waals surface area contributed by atoms with Crippen molar-refractivity contribution in [3.63, 3.8) is 0 Å². The van der Waals surface area contributed by atoms with Crippen LogP contribution in [-0.2, 0) is 4.79 Å². The van der Waals surface area contributed by atoms with Crippen LogP contribution in [0, 0.1) is 5.92 Å². The molecule has 2 unspecified atom stereocenters. The van der Waals surface area contributed by atoms with Gasteiger partial charge in [-0.05, 0) is 46.0 Å². The summed E-state index contributed by atoms with van der Waals surface area (Å²) >= 11 is 0. The van der Waals surface area contributed by atoms with Crippen LogP contribution in [0.3, 0.4) is 0 Å². The highest BCUT2D eigenvalue weighted by atomic mass is 16.1. The van der Waals surface area contributed by atoms with E-state index in [0.29, 0.717) is 23.8 Å². The van der Waals surface area contributed by atoms with E-state index in [1.165, 1.54) is 24.8 Å². The lowest BCUT2D eigenvalue weighted by Crippen LogP contribution is -2.50. The number of hydrogen-bond donors (Lipinski definition) is 1. The van der Waals surface area contributed by atoms with Crippen LogP contribution in [0.4, 0.5) is 0 Å². The first kappa shape index (κ1) is 12.8. The summed E-state index contributed by atoms with van der Waals surface area (Å²) < 4.78 is 0. The molecule has 0 aliphatic carbocycles. The van der Waals surface area contributed by atoms with Gasteiger partial charge >= 0.3 is 0 Å². The molecule has 1 N–H and O–H groups in total. The number of hydrogen-bond acceptors (Lipinski definition) is 2. The Morgan fingerprint density at radius 2 is 1.88 bits per heavy atom. The molecule has 2 fully saturated rings. The van der Waals surface area contributed by atoms with Gasteiger partial charge in [-0.2, -0.15) is 0 Å². The standard InChI is InChI=1S/C15H25NO/c1-11(2)5-3-8-15(17)12-9-13-6-4-7-14(10-12)16-13/h5,12-14,16H,3-4,6-10H2,1-2H3. The van der Waals surface area contributed by atoms with E-state index in [-0.39, 0.29) is 0 Å². The van der Waals surface area contributed by atoms with Crippen molar-refractivity contribution in [1.82, 2.24) is 5.32 Å². The van der Waals surface area contributed by atoms with Crippen molar-refractivity contribution in [3.05, 3.63) is 11.6 Å². The lowest BCUT2D eigenvalue weighted by molar-refractivity contribution is -0.124. The molecule has 2 atom stereocenters. The minimum Gasteiger partial charge on any atom is -0.311 e. The van der Waals surface area contributed by atoms with E-state index < -0.39 is 0 Å². The summed E-state index contributed by atoms with van der Waals surface area (Å²) in [6.07, 6.45) is 9.92. The number of rotatable bonds is 4. The fourth-order valence-corrected chi connectivity index (χ4v) is 3.24. The Morgan fingerprint density at radius 3 is 2.47 bits per heavy atom. The quantitative estimate of drug-likeness (QED) is 0.758. The zero-order chi connectivity index (χ0) is 12.3. The molecule has 0 spiro atoms. The Labute approximate surface area is 105 Å². The van der Waals surface area contributed by atoms with Gasteiger partial charge in [0.25, 0.3) is 0 Å². The van der Waals surface area contributed by atoms with Crippen LogP contribution in [0.5, 0.6) is 0 Å². The molecule has 2 heterocycles. The summed E-state index contributed by atoms with van der Waals surface area (Å²) in [6, 6.07) is 1.25. The summed E-state index contributed by atoms with van der Waals surface area (Å²) in [7, 11) is 0. The second-order valence-electron chi connectivity index (χ2n) is 5.95. The van der Waals surface area contributed by atoms with Crippen LogP contribution in [-0.4, -0.2) is 17.9 Å². The molecule has 2 heteroatoms. The predicted octanol–water partition coefficient (Wildman–Crippen LogP) is 3.22. The van der Waals surface area contributed by atoms with Crippen LogP contribution in [0.1, 0.15) is 58.8 Å². The lowest BCUT2D eigenvalue weighted by atomic mass is 9.78. The van der Waals surface area contributed by atoms with Gasteiger partial charge < -0.3 is 5.32 Å². The van der Waals surface area contributed by atoms with Gasteiger partial charge in [0, 0.05) is 24.4 Å². The van der Waals surface area contributed by atoms with Crippen molar-refractivity contribution in [2.45, 2.75) is 70.9 Å². The van der Waals surface area contributed by atoms with Gasteiger partial charge in [-0.1, -0.05) is 18.1 Å². The molecule has 2 saturated heterocycles. The topological polar surface area (TPSA) is 29.1 Å². The molecule has 0 aromatic heterocycles. The first-order valence-corrected chi connectivity index (χ1v) is 7.07. The fraction of sp³-hybridized carbons (Fsp3) is 0.800. The third-order valence-corrected chi connectivity index (χ3v) is 4.11. The van der Waals surface area contributed by atoms with Crippen LogP contribution in [0.25, 0.3) is 0 Å². The number of piperidine rings is 2. The second kappa shape index (κ2) is 5.81. The summed E-state index contributed by atoms with van der Waals surface area (Å²) in [5.74, 6) is 0.845. The number of carbonyl (C=O) groups excluding carboxylic acids is 1. The predicted molar refractivity (Wildman–Crippen MR) is 71.0 cm³/mol. The summed E-state index contributed by atoms with van der Waals surface area (Å²) in [5.41, 5.74) is 1.32. The van der Waals surface area contributed by atoms with Gasteiger partial charge in [0.1, 0.15) is 5.78 Å². The van der Waals surface area contributed by atoms with Gasteiger partial charge in [0.2, 0.25) is 0 Å². The van der Waals surface area contributed by atoms with E-state index >= 15 is 0 Å². The fourth-order valence-electron chi connectivity index (χ4n) is 3.24. The maximum atomic E-state index is 12.2. The van der Waals surface area contributed by atoms with Crippen molar-refractivity contribution in [2.24, 2.45) is 5.92 Å². The van der Waals surface area contributed by atoms with Gasteiger partial charge in [0.05, 0.1) is 0 Å². The molecule has 0 radical (unpaired) electrons. The number of nitrogens with one attached hydrogen (secondary N) is 1. The molecule has 0 aromatic rings. The van der Waals surface area contributed by atoms with E-state index in [2.05, 4.69) is 25.2 Å². The number of Topliss-reactive ketones (excluding diaryl/α,β-unsaturated/α-hetero) is 1. The third kappa shape index (κ3) is 3.67. The maximum absolute atomic E-state index is 12.2. The first-order valence-electron chi connectivity index (χ1n) is 7.07. The van der Waals surface area contributed by atoms with Crippen molar-refractivity contribution in [2.75, 3.05) is 0 Å². The Hall–Kier alpha value is -0.630. The Balaban J connectivity index is 1.81. The Kier molecular flexibility index (Phi) is 4.38. The first-order chi connectivity index (χ1) is 8.15. The average molecular weight is 235 g/mol. The molecule has 0 amide bonds. The molecule has 0 saturated carbocycles. The second-order valence-corrected chi connectivity index (χ2v) is 5.95. The van der Waals surface area contributed by atoms with Gasteiger partial charge in [0.15, 0.2) is 0 Å². The third-order valence-electron chi connectivity index (χ3n) is 4.11. The van der Waals surface area contributed by atoms with E-state index in [1.807, 2.05) is 0 Å². The molecule has 2 aliphatic heterocycles. The highest BCUT2D eigenvalue weighted by Crippen LogP contribution is 2.30. The summed E-state index contributed by atoms with van der Waals surface area (Å²) in [4.78, 5) is 12.2. The van der Waals surface area contributed by atoms with Crippen molar-refractivity contribution in [3.8, 4) is 0 Å². The highest BCUT2D eigenvalue weighted by Gasteiger charge is 2.33. The normalized spacial score (nSPS) is 32.0. The van der Waals surface area contributed by atoms with Crippen molar-refractivity contribution < 1.29 is 4.79 Å². The van der Waals surface area contributed by atoms with Crippen LogP contribution in [0.15, 0.2) is 11.6 Å². The summed E-state index contributed by atoms with van der Waals surface area (Å²) in [5, 5.41) is 3.65. The molecule has 0 aromatic carbocycles. The molecule has 96 valence electrons. The maximum Gasteiger partial charge on any atom is 0.136 e. The largest absolute Gasteiger partial charge is 0.311 e. The van der Waals surface area contributed by atoms with Gasteiger partial charge in [-0.25, -0.2) is 0 Å². The Morgan fingerprint density at radius 1 is 1.24 bits per heavy atom. The number of fused-ring (bicyclic) bond motifs is 2. The molecule has 2 bridgehead atoms. The molecular weight excluding hydrogens is 210 g/mol. The molecule has 17 heavy (non-hydrogen) atoms. The van der Waals surface area contributed by atoms with Crippen LogP contribution >= 0.6 is 0 Å². The van der Waals surface area contributed by atoms with E-state index in [9.17, 15) is 4.79 Å². The number of ketones is 1. The Bertz CT molecular complexity index is 292.